The zero-order valence-electron chi connectivity index (χ0n) is 13.7. The molecule has 0 saturated carbocycles. The van der Waals surface area contributed by atoms with E-state index in [2.05, 4.69) is 0 Å². The Morgan fingerprint density at radius 3 is 1.00 bits per heavy atom. The normalized spacial score (nSPS) is 16.6. The first kappa shape index (κ1) is 29.9. The lowest BCUT2D eigenvalue weighted by Gasteiger charge is -2.43. The zero-order valence-corrected chi connectivity index (χ0v) is 14.7. The molecule has 0 aliphatic rings. The molecule has 0 heterocycles. The fourth-order valence-electron chi connectivity index (χ4n) is 1.68. The van der Waals surface area contributed by atoms with Gasteiger partial charge >= 0.3 is 56.1 Å². The molecule has 188 valence electrons. The van der Waals surface area contributed by atoms with Gasteiger partial charge in [-0.05, 0) is 0 Å². The van der Waals surface area contributed by atoms with Gasteiger partial charge in [0, 0.05) is 12.8 Å². The van der Waals surface area contributed by atoms with Gasteiger partial charge in [0.1, 0.15) is 0 Å². The van der Waals surface area contributed by atoms with Gasteiger partial charge in [0.15, 0.2) is 0 Å². The molecule has 0 aromatic carbocycles. The van der Waals surface area contributed by atoms with Crippen molar-refractivity contribution in [3.05, 3.63) is 0 Å². The van der Waals surface area contributed by atoms with Crippen molar-refractivity contribution in [3.8, 4) is 0 Å². The minimum absolute atomic E-state index is 3.09. The molecule has 3 N–H and O–H groups in total. The molecule has 0 bridgehead atoms. The van der Waals surface area contributed by atoms with Gasteiger partial charge in [0.2, 0.25) is 0 Å². The number of hydrogen-bond acceptors (Lipinski definition) is 3. The van der Waals surface area contributed by atoms with E-state index in [4.69, 9.17) is 14.4 Å². The van der Waals surface area contributed by atoms with E-state index >= 15 is 0 Å². The van der Waals surface area contributed by atoms with Gasteiger partial charge < -0.3 is 14.4 Å². The lowest BCUT2D eigenvalue weighted by atomic mass is 9.90. The van der Waals surface area contributed by atoms with Crippen molar-refractivity contribution in [2.45, 2.75) is 60.1 Å². The highest BCUT2D eigenvalue weighted by Gasteiger charge is 2.95. The Morgan fingerprint density at radius 2 is 0.710 bits per heavy atom. The van der Waals surface area contributed by atoms with Crippen molar-refractivity contribution in [2.75, 3.05) is 0 Å². The largest absolute Gasteiger partial charge is 0.574 e. The second-order valence-electron chi connectivity index (χ2n) is 5.90. The predicted molar refractivity (Wildman–Crippen MR) is 62.3 cm³/mol. The Hall–Kier alpha value is -1.09. The molecule has 0 aromatic rings. The average Bonchev–Trinajstić information content (AvgIpc) is 2.50. The summed E-state index contributed by atoms with van der Waals surface area (Å²) in [5, 5.41) is 0. The van der Waals surface area contributed by atoms with Crippen LogP contribution in [0.3, 0.4) is 0 Å². The van der Waals surface area contributed by atoms with E-state index in [0.717, 1.165) is 0 Å². The Kier molecular flexibility index (Phi) is 7.20. The maximum Gasteiger partial charge on any atom is 0.574 e. The minimum atomic E-state index is -8.60. The van der Waals surface area contributed by atoms with E-state index in [0.29, 0.717) is 0 Å². The summed E-state index contributed by atoms with van der Waals surface area (Å²) in [5.41, 5.74) is -7.49. The molecule has 0 aliphatic carbocycles. The standard InChI is InChI=1S/C10H7F17O3Si/c11-3(12,1-2-4(13,14)15)5(16,17)6(18,19)7(20,21)8(22,23)9(24,25)10(26,27)31(28,29)30/h28-30H,1-2H2. The topological polar surface area (TPSA) is 60.7 Å². The molecular weight excluding hydrogens is 519 g/mol. The van der Waals surface area contributed by atoms with Crippen molar-refractivity contribution in [1.29, 1.82) is 0 Å². The van der Waals surface area contributed by atoms with Crippen LogP contribution in [0, 0.1) is 0 Å². The molecule has 0 atom stereocenters. The molecule has 0 amide bonds. The minimum Gasteiger partial charge on any atom is -0.386 e. The summed E-state index contributed by atoms with van der Waals surface area (Å²) in [5.74, 6) is -48.7. The third-order valence-corrected chi connectivity index (χ3v) is 4.73. The molecule has 0 rings (SSSR count). The summed E-state index contributed by atoms with van der Waals surface area (Å²) in [6.07, 6.45) is -12.4. The van der Waals surface area contributed by atoms with Crippen molar-refractivity contribution in [3.63, 3.8) is 0 Å². The SMILES string of the molecule is O[Si](O)(O)C(F)(F)C(F)(F)C(F)(F)C(F)(F)C(F)(F)C(F)(F)C(F)(F)CCC(F)(F)F. The third-order valence-electron chi connectivity index (χ3n) is 3.57. The van der Waals surface area contributed by atoms with E-state index < -0.39 is 68.9 Å². The van der Waals surface area contributed by atoms with Crippen molar-refractivity contribution in [1.82, 2.24) is 0 Å². The third kappa shape index (κ3) is 4.41. The molecule has 31 heavy (non-hydrogen) atoms. The highest BCUT2D eigenvalue weighted by Crippen LogP contribution is 2.63. The smallest absolute Gasteiger partial charge is 0.386 e. The second kappa shape index (κ2) is 7.47. The van der Waals surface area contributed by atoms with Crippen LogP contribution in [-0.4, -0.2) is 70.4 Å². The Morgan fingerprint density at radius 1 is 0.419 bits per heavy atom. The first-order valence-electron chi connectivity index (χ1n) is 6.84. The van der Waals surface area contributed by atoms with Crippen LogP contribution in [0.5, 0.6) is 0 Å². The fourth-order valence-corrected chi connectivity index (χ4v) is 2.26. The van der Waals surface area contributed by atoms with Gasteiger partial charge in [-0.25, -0.2) is 0 Å². The van der Waals surface area contributed by atoms with Crippen LogP contribution < -0.4 is 0 Å². The van der Waals surface area contributed by atoms with Crippen molar-refractivity contribution < 1.29 is 89.0 Å². The van der Waals surface area contributed by atoms with Gasteiger partial charge in [0.05, 0.1) is 0 Å². The van der Waals surface area contributed by atoms with Crippen LogP contribution in [-0.2, 0) is 0 Å². The Labute approximate surface area is 159 Å². The number of hydrogen-bond donors (Lipinski definition) is 3. The molecule has 0 saturated heterocycles. The number of rotatable bonds is 9. The van der Waals surface area contributed by atoms with Gasteiger partial charge in [-0.15, -0.1) is 0 Å². The van der Waals surface area contributed by atoms with Gasteiger partial charge in [-0.2, -0.15) is 74.6 Å². The average molecular weight is 526 g/mol. The molecular formula is C10H7F17O3Si. The van der Waals surface area contributed by atoms with Crippen LogP contribution >= 0.6 is 0 Å². The summed E-state index contributed by atoms with van der Waals surface area (Å²) < 4.78 is 220. The van der Waals surface area contributed by atoms with Crippen molar-refractivity contribution >= 4 is 8.80 Å². The molecule has 21 heteroatoms. The first-order valence-corrected chi connectivity index (χ1v) is 8.68. The maximum atomic E-state index is 13.3. The molecule has 0 radical (unpaired) electrons. The highest BCUT2D eigenvalue weighted by atomic mass is 28.4. The van der Waals surface area contributed by atoms with E-state index in [1.165, 1.54) is 0 Å². The number of halogens is 17. The quantitative estimate of drug-likeness (QED) is 0.312. The summed E-state index contributed by atoms with van der Waals surface area (Å²) >= 11 is 0. The second-order valence-corrected chi connectivity index (χ2v) is 7.80. The summed E-state index contributed by atoms with van der Waals surface area (Å²) in [6, 6.07) is 0. The Bertz CT molecular complexity index is 650. The predicted octanol–water partition coefficient (Wildman–Crippen LogP) is 4.23. The van der Waals surface area contributed by atoms with Gasteiger partial charge in [-0.3, -0.25) is 0 Å². The molecule has 0 aliphatic heterocycles. The lowest BCUT2D eigenvalue weighted by molar-refractivity contribution is -0.438. The molecule has 0 unspecified atom stereocenters. The van der Waals surface area contributed by atoms with E-state index in [1.54, 1.807) is 0 Å². The van der Waals surface area contributed by atoms with Gasteiger partial charge in [-0.1, -0.05) is 0 Å². The van der Waals surface area contributed by atoms with E-state index in [-0.39, 0.29) is 0 Å². The van der Waals surface area contributed by atoms with Crippen LogP contribution in [0.2, 0.25) is 0 Å². The highest BCUT2D eigenvalue weighted by molar-refractivity contribution is 6.59. The summed E-state index contributed by atoms with van der Waals surface area (Å²) in [4.78, 5) is 24.1. The lowest BCUT2D eigenvalue weighted by Crippen LogP contribution is -2.76. The fraction of sp³-hybridized carbons (Fsp3) is 1.00. The molecule has 0 spiro atoms. The van der Waals surface area contributed by atoms with Crippen LogP contribution in [0.4, 0.5) is 74.6 Å². The zero-order chi connectivity index (χ0) is 25.9. The maximum absolute atomic E-state index is 13.3. The monoisotopic (exact) mass is 526 g/mol. The van der Waals surface area contributed by atoms with Crippen LogP contribution in [0.25, 0.3) is 0 Å². The number of alkyl halides is 17. The summed E-state index contributed by atoms with van der Waals surface area (Å²) in [7, 11) is -7.99. The van der Waals surface area contributed by atoms with E-state index in [9.17, 15) is 74.6 Å². The summed E-state index contributed by atoms with van der Waals surface area (Å²) in [6.45, 7) is 0. The molecule has 3 nitrogen and oxygen atoms in total. The van der Waals surface area contributed by atoms with Crippen molar-refractivity contribution in [2.24, 2.45) is 0 Å². The van der Waals surface area contributed by atoms with Crippen LogP contribution in [0.15, 0.2) is 0 Å². The Balaban J connectivity index is 6.56. The van der Waals surface area contributed by atoms with Crippen LogP contribution in [0.1, 0.15) is 12.8 Å². The molecule has 0 fully saturated rings. The molecule has 0 aromatic heterocycles. The van der Waals surface area contributed by atoms with E-state index in [1.807, 2.05) is 0 Å². The van der Waals surface area contributed by atoms with Gasteiger partial charge in [0.25, 0.3) is 0 Å². The first-order chi connectivity index (χ1) is 13.0.